The predicted molar refractivity (Wildman–Crippen MR) is 120 cm³/mol. The van der Waals surface area contributed by atoms with Gasteiger partial charge in [0.15, 0.2) is 11.5 Å². The highest BCUT2D eigenvalue weighted by atomic mass is 16.5. The third kappa shape index (κ3) is 5.72. The van der Waals surface area contributed by atoms with Gasteiger partial charge in [-0.05, 0) is 49.8 Å². The maximum absolute atomic E-state index is 13.1. The van der Waals surface area contributed by atoms with Gasteiger partial charge in [-0.15, -0.1) is 6.42 Å². The Morgan fingerprint density at radius 1 is 1.23 bits per heavy atom. The number of terminal acetylenes is 1. The molecule has 1 N–H and O–H groups in total. The highest BCUT2D eigenvalue weighted by molar-refractivity contribution is 5.80. The maximum atomic E-state index is 13.1. The van der Waals surface area contributed by atoms with Crippen molar-refractivity contribution in [3.63, 3.8) is 0 Å². The van der Waals surface area contributed by atoms with Crippen molar-refractivity contribution >= 4 is 11.8 Å². The van der Waals surface area contributed by atoms with Crippen molar-refractivity contribution in [3.8, 4) is 23.8 Å². The standard InChI is InChI=1S/C25H34N2O4/c1-4-16-27(20-8-6-5-7-9-20)24(29)13-15-25(14-12-23(28)26-25)18-19-10-11-21(30-2)22(17-19)31-3/h1,10-11,17,20H,5-9,12-16,18H2,2-3H3,(H,26,28). The van der Waals surface area contributed by atoms with Crippen molar-refractivity contribution in [1.82, 2.24) is 10.2 Å². The van der Waals surface area contributed by atoms with Crippen LogP contribution in [0.5, 0.6) is 11.5 Å². The summed E-state index contributed by atoms with van der Waals surface area (Å²) in [5, 5.41) is 3.17. The summed E-state index contributed by atoms with van der Waals surface area (Å²) in [5.74, 6) is 4.13. The molecule has 1 atom stereocenters. The second-order valence-corrected chi connectivity index (χ2v) is 8.71. The molecule has 2 aliphatic rings. The molecule has 31 heavy (non-hydrogen) atoms. The molecule has 168 valence electrons. The fraction of sp³-hybridized carbons (Fsp3) is 0.600. The van der Waals surface area contributed by atoms with Crippen LogP contribution in [0.1, 0.15) is 63.4 Å². The number of amides is 2. The first-order chi connectivity index (χ1) is 15.0. The number of nitrogens with one attached hydrogen (secondary N) is 1. The fourth-order valence-electron chi connectivity index (χ4n) is 4.97. The lowest BCUT2D eigenvalue weighted by Crippen LogP contribution is -2.46. The molecule has 0 aromatic heterocycles. The van der Waals surface area contributed by atoms with Crippen molar-refractivity contribution in [2.75, 3.05) is 20.8 Å². The lowest BCUT2D eigenvalue weighted by molar-refractivity contribution is -0.134. The second-order valence-electron chi connectivity index (χ2n) is 8.71. The summed E-state index contributed by atoms with van der Waals surface area (Å²) in [6.45, 7) is 0.360. The Kier molecular flexibility index (Phi) is 7.84. The summed E-state index contributed by atoms with van der Waals surface area (Å²) in [6, 6.07) is 6.06. The Morgan fingerprint density at radius 2 is 1.97 bits per heavy atom. The quantitative estimate of drug-likeness (QED) is 0.614. The van der Waals surface area contributed by atoms with Gasteiger partial charge in [0.05, 0.1) is 20.8 Å². The molecule has 3 rings (SSSR count). The van der Waals surface area contributed by atoms with Crippen molar-refractivity contribution in [2.45, 2.75) is 75.8 Å². The van der Waals surface area contributed by atoms with E-state index in [4.69, 9.17) is 15.9 Å². The molecule has 1 aromatic rings. The number of carbonyl (C=O) groups is 2. The first-order valence-electron chi connectivity index (χ1n) is 11.2. The van der Waals surface area contributed by atoms with Crippen LogP contribution >= 0.6 is 0 Å². The van der Waals surface area contributed by atoms with Crippen LogP contribution in [0, 0.1) is 12.3 Å². The van der Waals surface area contributed by atoms with E-state index in [1.54, 1.807) is 14.2 Å². The molecule has 1 saturated heterocycles. The zero-order chi connectivity index (χ0) is 22.3. The Morgan fingerprint density at radius 3 is 2.58 bits per heavy atom. The zero-order valence-corrected chi connectivity index (χ0v) is 18.7. The number of nitrogens with zero attached hydrogens (tertiary/aromatic N) is 1. The molecule has 0 spiro atoms. The van der Waals surface area contributed by atoms with E-state index in [0.717, 1.165) is 31.2 Å². The third-order valence-electron chi connectivity index (χ3n) is 6.64. The topological polar surface area (TPSA) is 67.9 Å². The van der Waals surface area contributed by atoms with Gasteiger partial charge in [-0.2, -0.15) is 0 Å². The minimum Gasteiger partial charge on any atom is -0.493 e. The average Bonchev–Trinajstić information content (AvgIpc) is 3.16. The van der Waals surface area contributed by atoms with E-state index in [1.807, 2.05) is 23.1 Å². The monoisotopic (exact) mass is 426 g/mol. The van der Waals surface area contributed by atoms with Crippen LogP contribution in [0.2, 0.25) is 0 Å². The lowest BCUT2D eigenvalue weighted by atomic mass is 9.84. The van der Waals surface area contributed by atoms with Crippen molar-refractivity contribution < 1.29 is 19.1 Å². The second kappa shape index (κ2) is 10.6. The molecule has 0 bridgehead atoms. The van der Waals surface area contributed by atoms with Crippen LogP contribution in [-0.4, -0.2) is 49.1 Å². The van der Waals surface area contributed by atoms with E-state index in [-0.39, 0.29) is 17.9 Å². The third-order valence-corrected chi connectivity index (χ3v) is 6.64. The normalized spacial score (nSPS) is 21.3. The molecule has 2 amide bonds. The molecule has 1 saturated carbocycles. The Labute approximate surface area is 185 Å². The summed E-state index contributed by atoms with van der Waals surface area (Å²) in [5.41, 5.74) is 0.612. The zero-order valence-electron chi connectivity index (χ0n) is 18.7. The summed E-state index contributed by atoms with van der Waals surface area (Å²) < 4.78 is 10.8. The van der Waals surface area contributed by atoms with Crippen molar-refractivity contribution in [3.05, 3.63) is 23.8 Å². The van der Waals surface area contributed by atoms with Gasteiger partial charge >= 0.3 is 0 Å². The molecule has 1 aliphatic heterocycles. The van der Waals surface area contributed by atoms with E-state index in [9.17, 15) is 9.59 Å². The number of methoxy groups -OCH3 is 2. The number of carbonyl (C=O) groups excluding carboxylic acids is 2. The minimum atomic E-state index is -0.430. The molecular weight excluding hydrogens is 392 g/mol. The van der Waals surface area contributed by atoms with Crippen LogP contribution in [0.3, 0.4) is 0 Å². The Bertz CT molecular complexity index is 825. The molecule has 0 radical (unpaired) electrons. The molecule has 6 nitrogen and oxygen atoms in total. The van der Waals surface area contributed by atoms with E-state index >= 15 is 0 Å². The molecule has 1 heterocycles. The van der Waals surface area contributed by atoms with Gasteiger partial charge in [0.1, 0.15) is 0 Å². The fourth-order valence-corrected chi connectivity index (χ4v) is 4.97. The summed E-state index contributed by atoms with van der Waals surface area (Å²) >= 11 is 0. The van der Waals surface area contributed by atoms with Crippen LogP contribution in [0.4, 0.5) is 0 Å². The molecule has 6 heteroatoms. The minimum absolute atomic E-state index is 0.0423. The van der Waals surface area contributed by atoms with E-state index in [0.29, 0.717) is 50.1 Å². The molecule has 2 fully saturated rings. The van der Waals surface area contributed by atoms with Gasteiger partial charge in [-0.25, -0.2) is 0 Å². The largest absolute Gasteiger partial charge is 0.493 e. The van der Waals surface area contributed by atoms with E-state index < -0.39 is 5.54 Å². The average molecular weight is 427 g/mol. The first kappa shape index (κ1) is 23.0. The summed E-state index contributed by atoms with van der Waals surface area (Å²) in [6.07, 6.45) is 14.0. The van der Waals surface area contributed by atoms with Crippen LogP contribution in [0.25, 0.3) is 0 Å². The van der Waals surface area contributed by atoms with Crippen molar-refractivity contribution in [2.24, 2.45) is 0 Å². The molecule has 1 aliphatic carbocycles. The van der Waals surface area contributed by atoms with Crippen LogP contribution < -0.4 is 14.8 Å². The molecule has 1 unspecified atom stereocenters. The number of benzene rings is 1. The predicted octanol–water partition coefficient (Wildman–Crippen LogP) is 3.47. The van der Waals surface area contributed by atoms with Crippen LogP contribution in [0.15, 0.2) is 18.2 Å². The van der Waals surface area contributed by atoms with Gasteiger partial charge in [0, 0.05) is 24.4 Å². The number of hydrogen-bond acceptors (Lipinski definition) is 4. The van der Waals surface area contributed by atoms with Gasteiger partial charge < -0.3 is 19.7 Å². The smallest absolute Gasteiger partial charge is 0.223 e. The number of hydrogen-bond donors (Lipinski definition) is 1. The van der Waals surface area contributed by atoms with Gasteiger partial charge in [-0.1, -0.05) is 31.2 Å². The first-order valence-corrected chi connectivity index (χ1v) is 11.2. The summed E-state index contributed by atoms with van der Waals surface area (Å²) in [7, 11) is 3.22. The van der Waals surface area contributed by atoms with Gasteiger partial charge in [-0.3, -0.25) is 9.59 Å². The summed E-state index contributed by atoms with van der Waals surface area (Å²) in [4.78, 5) is 27.1. The maximum Gasteiger partial charge on any atom is 0.223 e. The van der Waals surface area contributed by atoms with Gasteiger partial charge in [0.25, 0.3) is 0 Å². The molecular formula is C25H34N2O4. The molecule has 1 aromatic carbocycles. The SMILES string of the molecule is C#CCN(C(=O)CCC1(Cc2ccc(OC)c(OC)c2)CCC(=O)N1)C1CCCCC1. The lowest BCUT2D eigenvalue weighted by Gasteiger charge is -2.35. The highest BCUT2D eigenvalue weighted by Crippen LogP contribution is 2.34. The Hall–Kier alpha value is -2.68. The number of rotatable bonds is 9. The van der Waals surface area contributed by atoms with Gasteiger partial charge in [0.2, 0.25) is 11.8 Å². The Balaban J connectivity index is 1.71. The van der Waals surface area contributed by atoms with Crippen molar-refractivity contribution in [1.29, 1.82) is 0 Å². The van der Waals surface area contributed by atoms with E-state index in [1.165, 1.54) is 6.42 Å². The van der Waals surface area contributed by atoms with Crippen LogP contribution in [-0.2, 0) is 16.0 Å². The van der Waals surface area contributed by atoms with E-state index in [2.05, 4.69) is 11.2 Å². The highest BCUT2D eigenvalue weighted by Gasteiger charge is 2.38. The number of ether oxygens (including phenoxy) is 2.